The van der Waals surface area contributed by atoms with Crippen molar-refractivity contribution in [3.05, 3.63) is 59.1 Å². The lowest BCUT2D eigenvalue weighted by Gasteiger charge is -2.31. The van der Waals surface area contributed by atoms with Crippen LogP contribution in [0.2, 0.25) is 0 Å². The fourth-order valence-electron chi connectivity index (χ4n) is 5.08. The Labute approximate surface area is 246 Å². The van der Waals surface area contributed by atoms with Gasteiger partial charge >= 0.3 is 0 Å². The third-order valence-electron chi connectivity index (χ3n) is 7.82. The Bertz CT molecular complexity index is 1550. The highest BCUT2D eigenvalue weighted by Gasteiger charge is 2.32. The fourth-order valence-corrected chi connectivity index (χ4v) is 6.70. The van der Waals surface area contributed by atoms with E-state index in [1.54, 1.807) is 6.92 Å². The van der Waals surface area contributed by atoms with Crippen LogP contribution in [0.15, 0.2) is 53.4 Å². The van der Waals surface area contributed by atoms with Gasteiger partial charge < -0.3 is 14.2 Å². The molecule has 1 N–H and O–H groups in total. The summed E-state index contributed by atoms with van der Waals surface area (Å²) in [6.45, 7) is 18.0. The molecule has 2 aromatic carbocycles. The summed E-state index contributed by atoms with van der Waals surface area (Å²) < 4.78 is 37.6. The maximum Gasteiger partial charge on any atom is 0.251 e. The summed E-state index contributed by atoms with van der Waals surface area (Å²) in [7, 11) is -2.18. The number of rotatable bonds is 12. The van der Waals surface area contributed by atoms with Gasteiger partial charge in [0.25, 0.3) is 10.0 Å². The van der Waals surface area contributed by atoms with E-state index < -0.39 is 15.6 Å². The van der Waals surface area contributed by atoms with E-state index in [1.807, 2.05) is 64.4 Å². The highest BCUT2D eigenvalue weighted by atomic mass is 32.2. The molecule has 0 saturated heterocycles. The van der Waals surface area contributed by atoms with Crippen molar-refractivity contribution in [1.82, 2.24) is 9.29 Å². The third-order valence-corrected chi connectivity index (χ3v) is 9.51. The van der Waals surface area contributed by atoms with Crippen LogP contribution in [0.3, 0.4) is 0 Å². The molecular weight excluding hydrogens is 532 g/mol. The van der Waals surface area contributed by atoms with E-state index in [4.69, 9.17) is 4.74 Å². The number of benzene rings is 2. The van der Waals surface area contributed by atoms with Crippen molar-refractivity contribution in [2.24, 2.45) is 7.05 Å². The average molecular weight is 579 g/mol. The molecule has 41 heavy (non-hydrogen) atoms. The molecule has 0 amide bonds. The van der Waals surface area contributed by atoms with Crippen LogP contribution in [0.5, 0.6) is 0 Å². The molecule has 0 saturated carbocycles. The van der Waals surface area contributed by atoms with Gasteiger partial charge in [-0.2, -0.15) is 5.26 Å². The quantitative estimate of drug-likeness (QED) is 0.229. The summed E-state index contributed by atoms with van der Waals surface area (Å²) in [4.78, 5) is 2.05. The maximum absolute atomic E-state index is 13.5. The smallest absolute Gasteiger partial charge is 0.251 e. The van der Waals surface area contributed by atoms with Gasteiger partial charge in [0.1, 0.15) is 6.07 Å². The van der Waals surface area contributed by atoms with E-state index in [-0.39, 0.29) is 10.5 Å². The molecule has 0 aliphatic carbocycles. The van der Waals surface area contributed by atoms with Crippen molar-refractivity contribution in [3.8, 4) is 17.3 Å². The molecule has 1 unspecified atom stereocenters. The van der Waals surface area contributed by atoms with Crippen molar-refractivity contribution in [2.75, 3.05) is 24.6 Å². The number of aromatic nitrogens is 1. The number of fused-ring (bicyclic) bond motifs is 1. The van der Waals surface area contributed by atoms with Gasteiger partial charge in [0, 0.05) is 54.9 Å². The first-order valence-corrected chi connectivity index (χ1v) is 15.9. The van der Waals surface area contributed by atoms with Gasteiger partial charge in [-0.3, -0.25) is 0 Å². The number of sulfonamides is 1. The van der Waals surface area contributed by atoms with Crippen molar-refractivity contribution in [3.63, 3.8) is 0 Å². The lowest BCUT2D eigenvalue weighted by Crippen LogP contribution is -2.47. The number of hydrogen-bond acceptors (Lipinski definition) is 5. The lowest BCUT2D eigenvalue weighted by atomic mass is 9.96. The molecule has 0 fully saturated rings. The minimum atomic E-state index is -4.08. The normalized spacial score (nSPS) is 14.4. The highest BCUT2D eigenvalue weighted by molar-refractivity contribution is 7.94. The van der Waals surface area contributed by atoms with Crippen molar-refractivity contribution in [1.29, 1.82) is 5.26 Å². The predicted octanol–water partition coefficient (Wildman–Crippen LogP) is 7.24. The summed E-state index contributed by atoms with van der Waals surface area (Å²) in [5.41, 5.74) is 3.18. The predicted molar refractivity (Wildman–Crippen MR) is 171 cm³/mol. The molecule has 0 bridgehead atoms. The Hall–Kier alpha value is -3.12. The van der Waals surface area contributed by atoms with Gasteiger partial charge in [0.2, 0.25) is 0 Å². The molecule has 1 heterocycles. The van der Waals surface area contributed by atoms with Crippen molar-refractivity contribution in [2.45, 2.75) is 79.4 Å². The molecule has 8 heteroatoms. The minimum absolute atomic E-state index is 0.274. The SMILES string of the molecule is CCN(CC)c1ccc2cc(-c3ccc(/C(C)=C(\C#N)S(=O)(=O)NC(C)(CC)CCOC(C)(C)C)n3C)ccc2c1. The number of nitrogens with one attached hydrogen (secondary N) is 1. The Balaban J connectivity index is 1.93. The molecule has 0 aliphatic heterocycles. The van der Waals surface area contributed by atoms with Crippen LogP contribution < -0.4 is 9.62 Å². The number of hydrogen-bond donors (Lipinski definition) is 1. The second-order valence-corrected chi connectivity index (χ2v) is 13.5. The van der Waals surface area contributed by atoms with Gasteiger partial charge in [-0.05, 0) is 108 Å². The largest absolute Gasteiger partial charge is 0.376 e. The van der Waals surface area contributed by atoms with E-state index in [9.17, 15) is 13.7 Å². The summed E-state index contributed by atoms with van der Waals surface area (Å²) >= 11 is 0. The second-order valence-electron chi connectivity index (χ2n) is 11.9. The first-order valence-electron chi connectivity index (χ1n) is 14.4. The average Bonchev–Trinajstić information content (AvgIpc) is 3.29. The topological polar surface area (TPSA) is 87.4 Å². The van der Waals surface area contributed by atoms with E-state index in [2.05, 4.69) is 59.9 Å². The number of nitrogens with zero attached hydrogens (tertiary/aromatic N) is 3. The zero-order chi connectivity index (χ0) is 30.6. The molecule has 1 aromatic heterocycles. The Morgan fingerprint density at radius 1 is 1.00 bits per heavy atom. The van der Waals surface area contributed by atoms with Crippen LogP contribution in [-0.2, 0) is 21.8 Å². The number of nitriles is 1. The standard InChI is InChI=1S/C33H46N4O3S/c1-10-33(8,19-20-40-32(5,6)7)35-41(38,39)31(23-34)24(4)29-17-18-30(36(29)9)27-14-13-26-22-28(37(11-2)12-3)16-15-25(26)21-27/h13-18,21-22,35H,10-12,19-20H2,1-9H3/b31-24+. The zero-order valence-electron chi connectivity index (χ0n) is 26.1. The Morgan fingerprint density at radius 2 is 1.63 bits per heavy atom. The second kappa shape index (κ2) is 12.8. The van der Waals surface area contributed by atoms with Gasteiger partial charge in [-0.25, -0.2) is 13.1 Å². The number of anilines is 1. The van der Waals surface area contributed by atoms with Crippen LogP contribution in [0.25, 0.3) is 27.6 Å². The number of allylic oxidation sites excluding steroid dienone is 2. The minimum Gasteiger partial charge on any atom is -0.376 e. The summed E-state index contributed by atoms with van der Waals surface area (Å²) in [6, 6.07) is 18.7. The van der Waals surface area contributed by atoms with Gasteiger partial charge in [0.15, 0.2) is 4.91 Å². The van der Waals surface area contributed by atoms with E-state index in [0.717, 1.165) is 29.7 Å². The summed E-state index contributed by atoms with van der Waals surface area (Å²) in [5, 5.41) is 12.3. The third kappa shape index (κ3) is 7.59. The van der Waals surface area contributed by atoms with Crippen LogP contribution in [0.4, 0.5) is 5.69 Å². The Morgan fingerprint density at radius 3 is 2.22 bits per heavy atom. The van der Waals surface area contributed by atoms with Gasteiger partial charge in [-0.15, -0.1) is 0 Å². The molecule has 0 aliphatic rings. The van der Waals surface area contributed by atoms with E-state index in [1.165, 1.54) is 11.1 Å². The monoisotopic (exact) mass is 578 g/mol. The van der Waals surface area contributed by atoms with Crippen molar-refractivity contribution >= 4 is 32.1 Å². The van der Waals surface area contributed by atoms with E-state index >= 15 is 0 Å². The fraction of sp³-hybridized carbons (Fsp3) is 0.485. The van der Waals surface area contributed by atoms with Crippen LogP contribution >= 0.6 is 0 Å². The summed E-state index contributed by atoms with van der Waals surface area (Å²) in [5.74, 6) is 0. The molecule has 1 atom stereocenters. The zero-order valence-corrected chi connectivity index (χ0v) is 26.9. The number of ether oxygens (including phenoxy) is 1. The van der Waals surface area contributed by atoms with Crippen LogP contribution in [0.1, 0.15) is 73.9 Å². The van der Waals surface area contributed by atoms with Gasteiger partial charge in [-0.1, -0.05) is 25.1 Å². The van der Waals surface area contributed by atoms with Crippen molar-refractivity contribution < 1.29 is 13.2 Å². The molecule has 0 radical (unpaired) electrons. The highest BCUT2D eigenvalue weighted by Crippen LogP contribution is 2.32. The van der Waals surface area contributed by atoms with E-state index in [0.29, 0.717) is 30.7 Å². The Kier molecular flexibility index (Phi) is 10.1. The van der Waals surface area contributed by atoms with Crippen LogP contribution in [0, 0.1) is 11.3 Å². The molecule has 0 spiro atoms. The molecule has 7 nitrogen and oxygen atoms in total. The van der Waals surface area contributed by atoms with Gasteiger partial charge in [0.05, 0.1) is 5.60 Å². The summed E-state index contributed by atoms with van der Waals surface area (Å²) in [6.07, 6.45) is 1.05. The molecule has 222 valence electrons. The first-order chi connectivity index (χ1) is 19.2. The lowest BCUT2D eigenvalue weighted by molar-refractivity contribution is -0.0114. The first kappa shape index (κ1) is 32.4. The maximum atomic E-state index is 13.5. The molecule has 3 aromatic rings. The molecule has 3 rings (SSSR count). The molecular formula is C33H46N4O3S. The van der Waals surface area contributed by atoms with Crippen LogP contribution in [-0.4, -0.2) is 43.8 Å².